The van der Waals surface area contributed by atoms with Crippen molar-refractivity contribution in [2.24, 2.45) is 0 Å². The first-order valence-corrected chi connectivity index (χ1v) is 14.0. The van der Waals surface area contributed by atoms with Gasteiger partial charge in [-0.3, -0.25) is 19.6 Å². The molecule has 0 aliphatic heterocycles. The van der Waals surface area contributed by atoms with Gasteiger partial charge in [0.25, 0.3) is 10.0 Å². The second-order valence-electron chi connectivity index (χ2n) is 7.31. The van der Waals surface area contributed by atoms with Crippen LogP contribution in [0.15, 0.2) is 81.5 Å². The molecule has 4 rings (SSSR count). The molecule has 3 heterocycles. The number of aromatic nitrogens is 3. The quantitative estimate of drug-likeness (QED) is 0.139. The number of nitrogens with one attached hydrogen (secondary N) is 3. The van der Waals surface area contributed by atoms with Crippen LogP contribution in [0.5, 0.6) is 0 Å². The maximum atomic E-state index is 12.9. The standard InChI is InChI=1S/C24H23N5O3S3/c30-17-25-16-19-11-12-26-20(15-19)22-23(29-35(31,32)21-10-6-14-33-21)27-28-24(22)34-13-5-4-9-18-7-2-1-3-8-18/h1-4,6-12,14-15,17H,5,13,16H2,(H,25,30)(H2,27,28,29). The van der Waals surface area contributed by atoms with Crippen molar-refractivity contribution >= 4 is 51.4 Å². The summed E-state index contributed by atoms with van der Waals surface area (Å²) in [5.74, 6) is 0.985. The summed E-state index contributed by atoms with van der Waals surface area (Å²) in [6, 6.07) is 16.9. The zero-order valence-corrected chi connectivity index (χ0v) is 21.0. The van der Waals surface area contributed by atoms with Crippen molar-refractivity contribution in [3.63, 3.8) is 0 Å². The van der Waals surface area contributed by atoms with Gasteiger partial charge in [0.05, 0.1) is 11.3 Å². The van der Waals surface area contributed by atoms with Crippen LogP contribution in [-0.2, 0) is 21.4 Å². The first kappa shape index (κ1) is 24.7. The first-order valence-electron chi connectivity index (χ1n) is 10.7. The molecule has 0 radical (unpaired) electrons. The lowest BCUT2D eigenvalue weighted by molar-refractivity contribution is -0.109. The molecule has 0 spiro atoms. The average molecular weight is 526 g/mol. The largest absolute Gasteiger partial charge is 0.355 e. The Morgan fingerprint density at radius 3 is 2.74 bits per heavy atom. The third-order valence-corrected chi connectivity index (χ3v) is 8.59. The van der Waals surface area contributed by atoms with Crippen LogP contribution in [0.3, 0.4) is 0 Å². The Labute approximate surface area is 212 Å². The van der Waals surface area contributed by atoms with E-state index >= 15 is 0 Å². The number of amides is 1. The number of carbonyl (C=O) groups is 1. The minimum absolute atomic E-state index is 0.204. The first-order chi connectivity index (χ1) is 17.1. The number of rotatable bonds is 12. The van der Waals surface area contributed by atoms with Crippen molar-refractivity contribution in [1.29, 1.82) is 0 Å². The van der Waals surface area contributed by atoms with Gasteiger partial charge < -0.3 is 5.32 Å². The van der Waals surface area contributed by atoms with Crippen LogP contribution in [-0.4, -0.2) is 35.8 Å². The van der Waals surface area contributed by atoms with E-state index in [1.165, 1.54) is 11.8 Å². The Hall–Kier alpha value is -3.41. The normalized spacial score (nSPS) is 11.5. The van der Waals surface area contributed by atoms with Crippen molar-refractivity contribution in [1.82, 2.24) is 20.5 Å². The van der Waals surface area contributed by atoms with Gasteiger partial charge in [-0.05, 0) is 41.1 Å². The van der Waals surface area contributed by atoms with E-state index in [0.29, 0.717) is 29.2 Å². The van der Waals surface area contributed by atoms with Gasteiger partial charge in [0.1, 0.15) is 15.1 Å². The molecule has 3 N–H and O–H groups in total. The number of nitrogens with zero attached hydrogens (tertiary/aromatic N) is 2. The molecule has 0 saturated carbocycles. The Balaban J connectivity index is 1.57. The third-order valence-electron chi connectivity index (χ3n) is 4.83. The molecule has 0 atom stereocenters. The lowest BCUT2D eigenvalue weighted by atomic mass is 10.1. The van der Waals surface area contributed by atoms with Crippen LogP contribution in [0.25, 0.3) is 17.3 Å². The summed E-state index contributed by atoms with van der Waals surface area (Å²) in [6.45, 7) is 0.333. The highest BCUT2D eigenvalue weighted by Gasteiger charge is 2.23. The molecular weight excluding hydrogens is 502 g/mol. The molecule has 11 heteroatoms. The summed E-state index contributed by atoms with van der Waals surface area (Å²) < 4.78 is 28.6. The van der Waals surface area contributed by atoms with E-state index in [4.69, 9.17) is 0 Å². The molecule has 1 amide bonds. The van der Waals surface area contributed by atoms with Crippen molar-refractivity contribution in [2.75, 3.05) is 10.5 Å². The smallest absolute Gasteiger partial charge is 0.272 e. The van der Waals surface area contributed by atoms with Crippen molar-refractivity contribution in [2.45, 2.75) is 22.2 Å². The molecule has 0 fully saturated rings. The number of allylic oxidation sites excluding steroid dienone is 1. The Morgan fingerprint density at radius 2 is 1.97 bits per heavy atom. The van der Waals surface area contributed by atoms with E-state index in [2.05, 4.69) is 37.4 Å². The summed E-state index contributed by atoms with van der Waals surface area (Å²) in [4.78, 5) is 15.2. The summed E-state index contributed by atoms with van der Waals surface area (Å²) >= 11 is 2.64. The molecule has 4 aromatic rings. The fraction of sp³-hybridized carbons (Fsp3) is 0.125. The predicted octanol–water partition coefficient (Wildman–Crippen LogP) is 4.78. The number of benzene rings is 1. The van der Waals surface area contributed by atoms with Crippen LogP contribution >= 0.6 is 23.1 Å². The van der Waals surface area contributed by atoms with Crippen LogP contribution in [0.1, 0.15) is 17.5 Å². The highest BCUT2D eigenvalue weighted by Crippen LogP contribution is 2.36. The lowest BCUT2D eigenvalue weighted by Crippen LogP contribution is -2.13. The molecule has 8 nitrogen and oxygen atoms in total. The van der Waals surface area contributed by atoms with Gasteiger partial charge in [0.2, 0.25) is 6.41 Å². The Bertz CT molecular complexity index is 1390. The van der Waals surface area contributed by atoms with Crippen LogP contribution in [0.4, 0.5) is 5.82 Å². The summed E-state index contributed by atoms with van der Waals surface area (Å²) in [7, 11) is -3.78. The lowest BCUT2D eigenvalue weighted by Gasteiger charge is -2.09. The van der Waals surface area contributed by atoms with Gasteiger partial charge in [0.15, 0.2) is 0 Å². The molecule has 0 aliphatic rings. The third kappa shape index (κ3) is 6.59. The average Bonchev–Trinajstić information content (AvgIpc) is 3.54. The molecule has 3 aromatic heterocycles. The van der Waals surface area contributed by atoms with Crippen LogP contribution in [0.2, 0.25) is 0 Å². The fourth-order valence-corrected chi connectivity index (χ4v) is 6.16. The number of hydrogen-bond acceptors (Lipinski definition) is 7. The molecule has 1 aromatic carbocycles. The van der Waals surface area contributed by atoms with E-state index in [-0.39, 0.29) is 10.0 Å². The van der Waals surface area contributed by atoms with Crippen molar-refractivity contribution in [3.05, 3.63) is 83.4 Å². The Morgan fingerprint density at radius 1 is 1.11 bits per heavy atom. The number of sulfonamides is 1. The van der Waals surface area contributed by atoms with Gasteiger partial charge in [0, 0.05) is 18.5 Å². The zero-order valence-electron chi connectivity index (χ0n) is 18.5. The van der Waals surface area contributed by atoms with E-state index in [1.54, 1.807) is 29.8 Å². The number of hydrogen-bond donors (Lipinski definition) is 3. The minimum Gasteiger partial charge on any atom is -0.355 e. The molecule has 0 aliphatic carbocycles. The number of aromatic amines is 1. The van der Waals surface area contributed by atoms with E-state index < -0.39 is 10.0 Å². The number of thioether (sulfide) groups is 1. The number of H-pyrrole nitrogens is 1. The van der Waals surface area contributed by atoms with Crippen LogP contribution in [0, 0.1) is 0 Å². The summed E-state index contributed by atoms with van der Waals surface area (Å²) in [6.07, 6.45) is 7.22. The highest BCUT2D eigenvalue weighted by molar-refractivity contribution is 7.99. The minimum atomic E-state index is -3.78. The maximum absolute atomic E-state index is 12.9. The molecule has 180 valence electrons. The number of anilines is 1. The van der Waals surface area contributed by atoms with Crippen molar-refractivity contribution < 1.29 is 13.2 Å². The SMILES string of the molecule is O=CNCc1ccnc(-c2c(SCCC=Cc3ccccc3)n[nH]c2NS(=O)(=O)c2cccs2)c1. The van der Waals surface area contributed by atoms with Gasteiger partial charge in [-0.1, -0.05) is 48.6 Å². The van der Waals surface area contributed by atoms with E-state index in [9.17, 15) is 13.2 Å². The number of pyridine rings is 1. The van der Waals surface area contributed by atoms with Crippen molar-refractivity contribution in [3.8, 4) is 11.3 Å². The second-order valence-corrected chi connectivity index (χ2v) is 11.3. The van der Waals surface area contributed by atoms with Crippen LogP contribution < -0.4 is 10.0 Å². The monoisotopic (exact) mass is 525 g/mol. The second kappa shape index (κ2) is 11.8. The summed E-state index contributed by atoms with van der Waals surface area (Å²) in [5.41, 5.74) is 3.08. The molecular formula is C24H23N5O3S3. The highest BCUT2D eigenvalue weighted by atomic mass is 32.2. The topological polar surface area (TPSA) is 117 Å². The molecule has 0 saturated heterocycles. The van der Waals surface area contributed by atoms with Gasteiger partial charge in [-0.25, -0.2) is 8.42 Å². The van der Waals surface area contributed by atoms with E-state index in [1.807, 2.05) is 36.4 Å². The molecule has 35 heavy (non-hydrogen) atoms. The van der Waals surface area contributed by atoms with Gasteiger partial charge >= 0.3 is 0 Å². The van der Waals surface area contributed by atoms with Gasteiger partial charge in [-0.2, -0.15) is 5.10 Å². The number of carbonyl (C=O) groups excluding carboxylic acids is 1. The van der Waals surface area contributed by atoms with E-state index in [0.717, 1.165) is 34.6 Å². The molecule has 0 unspecified atom stereocenters. The predicted molar refractivity (Wildman–Crippen MR) is 141 cm³/mol. The Kier molecular flexibility index (Phi) is 8.35. The zero-order chi connectivity index (χ0) is 24.5. The molecule has 0 bridgehead atoms. The summed E-state index contributed by atoms with van der Waals surface area (Å²) in [5, 5.41) is 12.2. The maximum Gasteiger partial charge on any atom is 0.272 e. The number of thiophene rings is 1. The fourth-order valence-electron chi connectivity index (χ4n) is 3.23. The van der Waals surface area contributed by atoms with Gasteiger partial charge in [-0.15, -0.1) is 23.1 Å².